The highest BCUT2D eigenvalue weighted by atomic mass is 16.4. The highest BCUT2D eigenvalue weighted by molar-refractivity contribution is 5.93. The van der Waals surface area contributed by atoms with E-state index in [-0.39, 0.29) is 11.3 Å². The summed E-state index contributed by atoms with van der Waals surface area (Å²) in [4.78, 5) is 26.3. The van der Waals surface area contributed by atoms with Gasteiger partial charge in [0.05, 0.1) is 11.3 Å². The van der Waals surface area contributed by atoms with Crippen LogP contribution in [-0.2, 0) is 18.9 Å². The number of carbonyl (C=O) groups excluding carboxylic acids is 1. The normalized spacial score (nSPS) is 15.6. The Morgan fingerprint density at radius 1 is 1.18 bits per heavy atom. The number of amides is 1. The molecule has 0 aliphatic carbocycles. The van der Waals surface area contributed by atoms with Crippen LogP contribution in [0.2, 0.25) is 0 Å². The summed E-state index contributed by atoms with van der Waals surface area (Å²) in [7, 11) is 1.82. The fraction of sp³-hybridized carbons (Fsp3) is 0.500. The molecular formula is C22H29N3O3. The van der Waals surface area contributed by atoms with Crippen LogP contribution >= 0.6 is 0 Å². The second-order valence-corrected chi connectivity index (χ2v) is 8.69. The van der Waals surface area contributed by atoms with Crippen molar-refractivity contribution < 1.29 is 14.7 Å². The first kappa shape index (κ1) is 20.1. The van der Waals surface area contributed by atoms with Gasteiger partial charge in [0.15, 0.2) is 0 Å². The molecule has 2 heterocycles. The maximum absolute atomic E-state index is 13.0. The molecule has 1 saturated heterocycles. The molecule has 28 heavy (non-hydrogen) atoms. The number of rotatable bonds is 4. The van der Waals surface area contributed by atoms with E-state index in [4.69, 9.17) is 0 Å². The third kappa shape index (κ3) is 4.26. The van der Waals surface area contributed by atoms with E-state index in [2.05, 4.69) is 25.9 Å². The number of hydrogen-bond donors (Lipinski definition) is 1. The molecule has 1 N–H and O–H groups in total. The van der Waals surface area contributed by atoms with Gasteiger partial charge in [-0.25, -0.2) is 4.79 Å². The number of carbonyl (C=O) groups is 2. The molecule has 6 heteroatoms. The number of piperidine rings is 1. The molecule has 0 unspecified atom stereocenters. The lowest BCUT2D eigenvalue weighted by atomic mass is 9.88. The van der Waals surface area contributed by atoms with Crippen LogP contribution in [0.3, 0.4) is 0 Å². The van der Waals surface area contributed by atoms with Gasteiger partial charge in [0.25, 0.3) is 5.91 Å². The van der Waals surface area contributed by atoms with Crippen molar-refractivity contribution in [2.45, 2.75) is 45.4 Å². The maximum atomic E-state index is 13.0. The highest BCUT2D eigenvalue weighted by Gasteiger charge is 2.28. The molecule has 1 aromatic heterocycles. The van der Waals surface area contributed by atoms with Crippen LogP contribution < -0.4 is 0 Å². The number of aromatic nitrogens is 2. The third-order valence-corrected chi connectivity index (χ3v) is 5.53. The Morgan fingerprint density at radius 3 is 2.39 bits per heavy atom. The van der Waals surface area contributed by atoms with E-state index in [9.17, 15) is 14.7 Å². The van der Waals surface area contributed by atoms with Crippen LogP contribution in [-0.4, -0.2) is 44.8 Å². The lowest BCUT2D eigenvalue weighted by Gasteiger charge is -2.32. The van der Waals surface area contributed by atoms with Gasteiger partial charge in [-0.05, 0) is 42.9 Å². The molecule has 1 aliphatic rings. The number of aryl methyl sites for hydroxylation is 1. The summed E-state index contributed by atoms with van der Waals surface area (Å²) < 4.78 is 1.68. The Bertz CT molecular complexity index is 871. The molecule has 0 radical (unpaired) electrons. The minimum atomic E-state index is -0.880. The molecule has 3 rings (SSSR count). The van der Waals surface area contributed by atoms with E-state index in [0.717, 1.165) is 30.5 Å². The molecule has 1 aliphatic heterocycles. The van der Waals surface area contributed by atoms with Gasteiger partial charge in [-0.15, -0.1) is 0 Å². The number of hydrogen-bond acceptors (Lipinski definition) is 3. The SMILES string of the molecule is Cn1nc(C(C)(C)C)cc1C(=O)N1CCC(Cc2ccccc2C(=O)O)CC1. The average Bonchev–Trinajstić information content (AvgIpc) is 3.04. The zero-order valence-corrected chi connectivity index (χ0v) is 17.1. The van der Waals surface area contributed by atoms with Gasteiger partial charge in [0.1, 0.15) is 5.69 Å². The molecule has 1 amide bonds. The number of likely N-dealkylation sites (tertiary alicyclic amines) is 1. The van der Waals surface area contributed by atoms with Gasteiger partial charge in [0.2, 0.25) is 0 Å². The fourth-order valence-electron chi connectivity index (χ4n) is 3.75. The van der Waals surface area contributed by atoms with E-state index >= 15 is 0 Å². The van der Waals surface area contributed by atoms with Crippen molar-refractivity contribution in [3.63, 3.8) is 0 Å². The fourth-order valence-corrected chi connectivity index (χ4v) is 3.75. The van der Waals surface area contributed by atoms with Crippen molar-refractivity contribution in [2.24, 2.45) is 13.0 Å². The molecule has 2 aromatic rings. The molecule has 0 atom stereocenters. The Kier molecular flexibility index (Phi) is 5.59. The smallest absolute Gasteiger partial charge is 0.335 e. The van der Waals surface area contributed by atoms with Gasteiger partial charge in [-0.2, -0.15) is 5.10 Å². The predicted octanol–water partition coefficient (Wildman–Crippen LogP) is 3.51. The van der Waals surface area contributed by atoms with Gasteiger partial charge < -0.3 is 10.0 Å². The lowest BCUT2D eigenvalue weighted by Crippen LogP contribution is -2.39. The molecule has 150 valence electrons. The first-order chi connectivity index (χ1) is 13.2. The highest BCUT2D eigenvalue weighted by Crippen LogP contribution is 2.26. The van der Waals surface area contributed by atoms with E-state index in [1.807, 2.05) is 30.1 Å². The Morgan fingerprint density at radius 2 is 1.82 bits per heavy atom. The third-order valence-electron chi connectivity index (χ3n) is 5.53. The van der Waals surface area contributed by atoms with Gasteiger partial charge in [-0.3, -0.25) is 9.48 Å². The molecular weight excluding hydrogens is 354 g/mol. The quantitative estimate of drug-likeness (QED) is 0.877. The number of benzene rings is 1. The zero-order valence-electron chi connectivity index (χ0n) is 17.1. The zero-order chi connectivity index (χ0) is 20.5. The van der Waals surface area contributed by atoms with Crippen molar-refractivity contribution in [1.82, 2.24) is 14.7 Å². The second-order valence-electron chi connectivity index (χ2n) is 8.69. The summed E-state index contributed by atoms with van der Waals surface area (Å²) in [6, 6.07) is 9.09. The standard InChI is InChI=1S/C22H29N3O3/c1-22(2,3)19-14-18(24(4)23-19)20(26)25-11-9-15(10-12-25)13-16-7-5-6-8-17(16)21(27)28/h5-8,14-15H,9-13H2,1-4H3,(H,27,28). The number of carboxylic acids is 1. The van der Waals surface area contributed by atoms with Crippen molar-refractivity contribution in [3.8, 4) is 0 Å². The average molecular weight is 383 g/mol. The minimum absolute atomic E-state index is 0.0230. The Labute approximate surface area is 166 Å². The van der Waals surface area contributed by atoms with Gasteiger partial charge in [0, 0.05) is 25.6 Å². The minimum Gasteiger partial charge on any atom is -0.478 e. The van der Waals surface area contributed by atoms with Crippen LogP contribution in [0.5, 0.6) is 0 Å². The Hall–Kier alpha value is -2.63. The van der Waals surface area contributed by atoms with E-state index in [0.29, 0.717) is 30.3 Å². The number of carboxylic acid groups (broad SMARTS) is 1. The Balaban J connectivity index is 1.64. The number of aromatic carboxylic acids is 1. The maximum Gasteiger partial charge on any atom is 0.335 e. The lowest BCUT2D eigenvalue weighted by molar-refractivity contribution is 0.0679. The van der Waals surface area contributed by atoms with Crippen LogP contribution in [0.1, 0.15) is 65.7 Å². The van der Waals surface area contributed by atoms with Crippen molar-refractivity contribution in [1.29, 1.82) is 0 Å². The van der Waals surface area contributed by atoms with Crippen molar-refractivity contribution >= 4 is 11.9 Å². The molecule has 1 fully saturated rings. The summed E-state index contributed by atoms with van der Waals surface area (Å²) in [6.07, 6.45) is 2.50. The first-order valence-corrected chi connectivity index (χ1v) is 9.82. The summed E-state index contributed by atoms with van der Waals surface area (Å²) >= 11 is 0. The van der Waals surface area contributed by atoms with E-state index in [1.54, 1.807) is 16.8 Å². The van der Waals surface area contributed by atoms with Gasteiger partial charge >= 0.3 is 5.97 Å². The van der Waals surface area contributed by atoms with Crippen molar-refractivity contribution in [2.75, 3.05) is 13.1 Å². The number of nitrogens with zero attached hydrogens (tertiary/aromatic N) is 3. The van der Waals surface area contributed by atoms with E-state index < -0.39 is 5.97 Å². The van der Waals surface area contributed by atoms with Crippen LogP contribution in [0.4, 0.5) is 0 Å². The van der Waals surface area contributed by atoms with Crippen molar-refractivity contribution in [3.05, 3.63) is 52.8 Å². The first-order valence-electron chi connectivity index (χ1n) is 9.82. The summed E-state index contributed by atoms with van der Waals surface area (Å²) in [5.41, 5.74) is 2.70. The van der Waals surface area contributed by atoms with Gasteiger partial charge in [-0.1, -0.05) is 39.0 Å². The molecule has 6 nitrogen and oxygen atoms in total. The molecule has 1 aromatic carbocycles. The second kappa shape index (κ2) is 7.78. The summed E-state index contributed by atoms with van der Waals surface area (Å²) in [5, 5.41) is 13.9. The monoisotopic (exact) mass is 383 g/mol. The summed E-state index contributed by atoms with van der Waals surface area (Å²) in [6.45, 7) is 7.64. The topological polar surface area (TPSA) is 75.4 Å². The summed E-state index contributed by atoms with van der Waals surface area (Å²) in [5.74, 6) is -0.467. The largest absolute Gasteiger partial charge is 0.478 e. The van der Waals surface area contributed by atoms with Crippen LogP contribution in [0.15, 0.2) is 30.3 Å². The van der Waals surface area contributed by atoms with Crippen LogP contribution in [0, 0.1) is 5.92 Å². The van der Waals surface area contributed by atoms with Crippen LogP contribution in [0.25, 0.3) is 0 Å². The molecule has 0 saturated carbocycles. The molecule has 0 spiro atoms. The molecule has 0 bridgehead atoms. The predicted molar refractivity (Wildman–Crippen MR) is 108 cm³/mol. The van der Waals surface area contributed by atoms with E-state index in [1.165, 1.54) is 0 Å².